The molecule has 132 valence electrons. The summed E-state index contributed by atoms with van der Waals surface area (Å²) >= 11 is 0. The number of ether oxygens (including phenoxy) is 2. The molecule has 0 atom stereocenters. The average Bonchev–Trinajstić information content (AvgIpc) is 2.83. The first kappa shape index (κ1) is 18.6. The van der Waals surface area contributed by atoms with Gasteiger partial charge in [0.15, 0.2) is 5.90 Å². The number of hydrogen-bond acceptors (Lipinski definition) is 4. The largest absolute Gasteiger partial charge is 0.478 e. The number of nitrogens with one attached hydrogen (secondary N) is 1. The molecular weight excluding hydrogens is 326 g/mol. The highest BCUT2D eigenvalue weighted by Crippen LogP contribution is 2.27. The fraction of sp³-hybridized carbons (Fsp3) is 0.500. The molecule has 0 aliphatic carbocycles. The fourth-order valence-corrected chi connectivity index (χ4v) is 3.11. The minimum Gasteiger partial charge on any atom is -0.478 e. The molecule has 0 spiro atoms. The Hall–Kier alpha value is -1.72. The fourth-order valence-electron chi connectivity index (χ4n) is 3.11. The van der Waals surface area contributed by atoms with Crippen LogP contribution in [0.4, 0.5) is 5.69 Å². The number of anilines is 1. The van der Waals surface area contributed by atoms with Crippen LogP contribution in [0.25, 0.3) is 10.9 Å². The van der Waals surface area contributed by atoms with Crippen molar-refractivity contribution in [2.45, 2.75) is 26.4 Å². The van der Waals surface area contributed by atoms with Crippen LogP contribution in [0.1, 0.15) is 19.4 Å². The van der Waals surface area contributed by atoms with Crippen LogP contribution in [0.3, 0.4) is 0 Å². The zero-order chi connectivity index (χ0) is 16.4. The Morgan fingerprint density at radius 2 is 2.00 bits per heavy atom. The van der Waals surface area contributed by atoms with Gasteiger partial charge in [0.25, 0.3) is 0 Å². The third-order valence-electron chi connectivity index (χ3n) is 4.16. The molecule has 1 fully saturated rings. The lowest BCUT2D eigenvalue weighted by Gasteiger charge is -2.29. The van der Waals surface area contributed by atoms with Crippen molar-refractivity contribution < 1.29 is 9.47 Å². The van der Waals surface area contributed by atoms with Gasteiger partial charge in [-0.2, -0.15) is 0 Å². The van der Waals surface area contributed by atoms with Crippen LogP contribution in [0.5, 0.6) is 0 Å². The summed E-state index contributed by atoms with van der Waals surface area (Å²) in [6, 6.07) is 6.57. The van der Waals surface area contributed by atoms with Gasteiger partial charge in [-0.15, -0.1) is 12.4 Å². The topological polar surface area (TPSA) is 50.5 Å². The Balaban J connectivity index is 0.00000208. The molecule has 3 rings (SSSR count). The van der Waals surface area contributed by atoms with Crippen molar-refractivity contribution in [3.63, 3.8) is 0 Å². The summed E-state index contributed by atoms with van der Waals surface area (Å²) in [6.45, 7) is 7.37. The Bertz CT molecular complexity index is 706. The third kappa shape index (κ3) is 4.02. The molecule has 6 heteroatoms. The number of hydrogen-bond donors (Lipinski definition) is 1. The van der Waals surface area contributed by atoms with Gasteiger partial charge in [0.05, 0.1) is 31.3 Å². The first-order valence-electron chi connectivity index (χ1n) is 8.19. The van der Waals surface area contributed by atoms with Crippen LogP contribution in [0, 0.1) is 5.41 Å². The normalized spacial score (nSPS) is 14.8. The molecule has 0 unspecified atom stereocenters. The van der Waals surface area contributed by atoms with E-state index in [2.05, 4.69) is 40.9 Å². The lowest BCUT2D eigenvalue weighted by Crippen LogP contribution is -2.36. The van der Waals surface area contributed by atoms with Gasteiger partial charge in [0, 0.05) is 37.4 Å². The van der Waals surface area contributed by atoms with Gasteiger partial charge in [-0.25, -0.2) is 0 Å². The summed E-state index contributed by atoms with van der Waals surface area (Å²) in [6.07, 6.45) is 2.68. The predicted octanol–water partition coefficient (Wildman–Crippen LogP) is 3.38. The average molecular weight is 352 g/mol. The predicted molar refractivity (Wildman–Crippen MR) is 101 cm³/mol. The Labute approximate surface area is 149 Å². The minimum absolute atomic E-state index is 0. The summed E-state index contributed by atoms with van der Waals surface area (Å²) in [5, 5.41) is 9.19. The number of nitrogens with zero attached hydrogens (tertiary/aromatic N) is 2. The van der Waals surface area contributed by atoms with E-state index in [9.17, 15) is 0 Å². The van der Waals surface area contributed by atoms with Crippen LogP contribution in [0.15, 0.2) is 24.4 Å². The summed E-state index contributed by atoms with van der Waals surface area (Å²) in [4.78, 5) is 2.36. The van der Waals surface area contributed by atoms with Crippen LogP contribution in [-0.2, 0) is 22.9 Å². The quantitative estimate of drug-likeness (QED) is 0.678. The number of rotatable bonds is 4. The van der Waals surface area contributed by atoms with E-state index in [1.807, 2.05) is 13.8 Å². The second-order valence-corrected chi connectivity index (χ2v) is 6.33. The van der Waals surface area contributed by atoms with Crippen molar-refractivity contribution in [1.82, 2.24) is 4.57 Å². The first-order chi connectivity index (χ1) is 11.0. The van der Waals surface area contributed by atoms with Crippen LogP contribution in [0.2, 0.25) is 0 Å². The van der Waals surface area contributed by atoms with Crippen molar-refractivity contribution in [3.8, 4) is 0 Å². The zero-order valence-electron chi connectivity index (χ0n) is 14.5. The molecule has 1 aromatic heterocycles. The number of halogens is 1. The second kappa shape index (κ2) is 7.90. The summed E-state index contributed by atoms with van der Waals surface area (Å²) in [5.41, 5.74) is 3.57. The van der Waals surface area contributed by atoms with Crippen molar-refractivity contribution in [3.05, 3.63) is 30.0 Å². The molecular formula is C18H26ClN3O2. The highest BCUT2D eigenvalue weighted by molar-refractivity contribution is 5.90. The van der Waals surface area contributed by atoms with Gasteiger partial charge in [0.2, 0.25) is 0 Å². The summed E-state index contributed by atoms with van der Waals surface area (Å²) in [5.74, 6) is 0.324. The van der Waals surface area contributed by atoms with E-state index in [-0.39, 0.29) is 18.5 Å². The Morgan fingerprint density at radius 1 is 1.29 bits per heavy atom. The molecule has 0 saturated carbocycles. The lowest BCUT2D eigenvalue weighted by atomic mass is 10.1. The van der Waals surface area contributed by atoms with Crippen molar-refractivity contribution >= 4 is 34.9 Å². The van der Waals surface area contributed by atoms with Crippen molar-refractivity contribution in [2.24, 2.45) is 7.05 Å². The van der Waals surface area contributed by atoms with Crippen molar-refractivity contribution in [1.29, 1.82) is 5.41 Å². The highest BCUT2D eigenvalue weighted by Gasteiger charge is 2.15. The molecule has 0 amide bonds. The molecule has 1 aliphatic rings. The number of fused-ring (bicyclic) bond motifs is 1. The highest BCUT2D eigenvalue weighted by atomic mass is 35.5. The van der Waals surface area contributed by atoms with E-state index in [0.717, 1.165) is 31.9 Å². The second-order valence-electron chi connectivity index (χ2n) is 6.33. The van der Waals surface area contributed by atoms with Crippen LogP contribution < -0.4 is 4.90 Å². The summed E-state index contributed by atoms with van der Waals surface area (Å²) in [7, 11) is 2.06. The molecule has 0 radical (unpaired) electrons. The molecule has 1 saturated heterocycles. The van der Waals surface area contributed by atoms with E-state index >= 15 is 0 Å². The van der Waals surface area contributed by atoms with E-state index in [1.165, 1.54) is 16.6 Å². The standard InChI is InChI=1S/C18H25N3O2.ClH/c1-13(2)23-18(19)10-14-12-20(3)17-11-15(4-5-16(14)17)21-6-8-22-9-7-21;/h4-5,11-13,19H,6-10H2,1-3H3;1H. The molecule has 1 aromatic carbocycles. The van der Waals surface area contributed by atoms with Crippen LogP contribution >= 0.6 is 12.4 Å². The molecule has 24 heavy (non-hydrogen) atoms. The maximum Gasteiger partial charge on any atom is 0.185 e. The zero-order valence-corrected chi connectivity index (χ0v) is 15.4. The van der Waals surface area contributed by atoms with E-state index in [1.54, 1.807) is 0 Å². The number of benzene rings is 1. The maximum atomic E-state index is 7.99. The Kier molecular flexibility index (Phi) is 6.13. The first-order valence-corrected chi connectivity index (χ1v) is 8.19. The summed E-state index contributed by atoms with van der Waals surface area (Å²) < 4.78 is 13.0. The van der Waals surface area contributed by atoms with E-state index < -0.39 is 0 Å². The van der Waals surface area contributed by atoms with Gasteiger partial charge >= 0.3 is 0 Å². The van der Waals surface area contributed by atoms with E-state index in [4.69, 9.17) is 14.9 Å². The molecule has 1 aliphatic heterocycles. The number of morpholine rings is 1. The number of aromatic nitrogens is 1. The monoisotopic (exact) mass is 351 g/mol. The lowest BCUT2D eigenvalue weighted by molar-refractivity contribution is 0.122. The molecule has 0 bridgehead atoms. The van der Waals surface area contributed by atoms with Crippen molar-refractivity contribution in [2.75, 3.05) is 31.2 Å². The van der Waals surface area contributed by atoms with Gasteiger partial charge < -0.3 is 18.9 Å². The molecule has 1 N–H and O–H groups in total. The smallest absolute Gasteiger partial charge is 0.185 e. The van der Waals surface area contributed by atoms with Gasteiger partial charge in [-0.1, -0.05) is 6.07 Å². The van der Waals surface area contributed by atoms with Gasteiger partial charge in [-0.3, -0.25) is 5.41 Å². The van der Waals surface area contributed by atoms with E-state index in [0.29, 0.717) is 12.3 Å². The van der Waals surface area contributed by atoms with Crippen LogP contribution in [-0.4, -0.2) is 42.9 Å². The maximum absolute atomic E-state index is 7.99. The minimum atomic E-state index is 0. The SMILES string of the molecule is CC(C)OC(=N)Cc1cn(C)c2cc(N3CCOCC3)ccc12.Cl. The third-order valence-corrected chi connectivity index (χ3v) is 4.16. The van der Waals surface area contributed by atoms with Gasteiger partial charge in [-0.05, 0) is 31.5 Å². The molecule has 2 aromatic rings. The molecule has 2 heterocycles. The Morgan fingerprint density at radius 3 is 2.67 bits per heavy atom. The van der Waals surface area contributed by atoms with Gasteiger partial charge in [0.1, 0.15) is 0 Å². The number of aryl methyl sites for hydroxylation is 1. The molecule has 5 nitrogen and oxygen atoms in total.